The van der Waals surface area contributed by atoms with Crippen LogP contribution in [0.5, 0.6) is 34.5 Å². The second kappa shape index (κ2) is 58.0. The average Bonchev–Trinajstić information content (AvgIpc) is 1.65. The zero-order chi connectivity index (χ0) is 96.9. The highest BCUT2D eigenvalue weighted by Crippen LogP contribution is 2.51. The van der Waals surface area contributed by atoms with Crippen molar-refractivity contribution in [3.63, 3.8) is 0 Å². The summed E-state index contributed by atoms with van der Waals surface area (Å²) >= 11 is 1.86. The minimum absolute atomic E-state index is 0.137. The number of fused-ring (bicyclic) bond motifs is 3. The average molecular weight is 1820 g/mol. The number of thiophene rings is 1. The Kier molecular flexibility index (Phi) is 46.8. The lowest BCUT2D eigenvalue weighted by molar-refractivity contribution is 0.0499. The Hall–Kier alpha value is -11.4. The van der Waals surface area contributed by atoms with Crippen molar-refractivity contribution in [3.05, 3.63) is 385 Å². The summed E-state index contributed by atoms with van der Waals surface area (Å²) in [4.78, 5) is 28.0. The fourth-order valence-electron chi connectivity index (χ4n) is 15.4. The second-order valence-electron chi connectivity index (χ2n) is 38.3. The number of rotatable bonds is 23. The summed E-state index contributed by atoms with van der Waals surface area (Å²) in [6.07, 6.45) is 15.6. The maximum absolute atomic E-state index is 11.6. The molecule has 0 radical (unpaired) electrons. The van der Waals surface area contributed by atoms with E-state index in [0.717, 1.165) is 108 Å². The molecule has 1 fully saturated rings. The number of carbonyl (C=O) groups excluding carboxylic acids is 2. The van der Waals surface area contributed by atoms with Gasteiger partial charge in [0.1, 0.15) is 23.0 Å². The van der Waals surface area contributed by atoms with Gasteiger partial charge in [-0.25, -0.2) is 9.78 Å². The quantitative estimate of drug-likeness (QED) is 0.0348. The fourth-order valence-corrected chi connectivity index (χ4v) is 16.1. The minimum Gasteiger partial charge on any atom is -0.462 e. The number of Topliss-reactive ketones (excluding diaryl/α,β-unsaturated/α-hetero) is 1. The summed E-state index contributed by atoms with van der Waals surface area (Å²) in [5.74, 6) is 14.0. The number of oxazole rings is 1. The molecular formula is C123H155NO9S. The molecule has 13 aromatic rings. The molecule has 0 bridgehead atoms. The molecule has 17 rings (SSSR count). The Morgan fingerprint density at radius 1 is 0.448 bits per heavy atom. The highest BCUT2D eigenvalue weighted by atomic mass is 32.1. The molecule has 134 heavy (non-hydrogen) atoms. The molecular weight excluding hydrogens is 1670 g/mol. The summed E-state index contributed by atoms with van der Waals surface area (Å²) < 4.78 is 37.8. The van der Waals surface area contributed by atoms with Crippen LogP contribution in [0.15, 0.2) is 301 Å². The van der Waals surface area contributed by atoms with E-state index in [1.165, 1.54) is 112 Å². The molecule has 2 atom stereocenters. The maximum Gasteiger partial charge on any atom is 0.338 e. The number of hydrogen-bond acceptors (Lipinski definition) is 11. The van der Waals surface area contributed by atoms with Crippen LogP contribution in [0.1, 0.15) is 342 Å². The van der Waals surface area contributed by atoms with Crippen molar-refractivity contribution in [2.75, 3.05) is 20.0 Å². The van der Waals surface area contributed by atoms with Crippen LogP contribution in [0, 0.1) is 17.8 Å². The first-order chi connectivity index (χ1) is 64.5. The SMILES string of the molecule is CC(=O)c1cccc(C(C)C)c1.CC(C)C1C[C@H]1c1ccccc1.CC(C)CCc1cccs1.CC(C)c1ccc(-c2cnco2)cc1.CC(C)c1ccc(Oc2ccccc2)cc1.CC(C)c1ccc2c(c1)CCOC2.CC(C)c1ccc2c(c1)OCO2.CC(C)c1cccc2c1CCCC2.CC(C)c1ccccc1Oc1ccccc1.CCCCOC(=O)c1ccc(C(C)C)cc1. The van der Waals surface area contributed by atoms with E-state index in [2.05, 4.69) is 289 Å². The molecule has 2 aromatic heterocycles. The van der Waals surface area contributed by atoms with Crippen molar-refractivity contribution < 1.29 is 42.4 Å². The minimum atomic E-state index is -0.219. The number of aromatic nitrogens is 1. The lowest BCUT2D eigenvalue weighted by atomic mass is 9.85. The van der Waals surface area contributed by atoms with Gasteiger partial charge >= 0.3 is 5.97 Å². The number of esters is 1. The van der Waals surface area contributed by atoms with Crippen molar-refractivity contribution in [2.45, 2.75) is 276 Å². The summed E-state index contributed by atoms with van der Waals surface area (Å²) in [7, 11) is 0. The topological polar surface area (TPSA) is 116 Å². The normalized spacial score (nSPS) is 13.4. The zero-order valence-electron chi connectivity index (χ0n) is 84.6. The van der Waals surface area contributed by atoms with Gasteiger partial charge in [0.05, 0.1) is 31.6 Å². The number of carbonyl (C=O) groups is 2. The molecule has 0 N–H and O–H groups in total. The first-order valence-corrected chi connectivity index (χ1v) is 50.1. The van der Waals surface area contributed by atoms with Gasteiger partial charge < -0.3 is 32.8 Å². The molecule has 1 unspecified atom stereocenters. The number of ketones is 1. The maximum atomic E-state index is 11.6. The number of hydrogen-bond donors (Lipinski definition) is 0. The van der Waals surface area contributed by atoms with Crippen LogP contribution >= 0.6 is 11.3 Å². The van der Waals surface area contributed by atoms with Crippen molar-refractivity contribution in [1.29, 1.82) is 0 Å². The lowest BCUT2D eigenvalue weighted by Crippen LogP contribution is -2.10. The van der Waals surface area contributed by atoms with Gasteiger partial charge in [-0.3, -0.25) is 4.79 Å². The number of ether oxygens (including phenoxy) is 6. The fraction of sp³-hybridized carbons (Fsp3) is 0.390. The molecule has 0 saturated heterocycles. The molecule has 2 aliphatic heterocycles. The Morgan fingerprint density at radius 3 is 1.54 bits per heavy atom. The molecule has 0 amide bonds. The van der Waals surface area contributed by atoms with Crippen LogP contribution in [0.25, 0.3) is 11.3 Å². The molecule has 4 aliphatic rings. The van der Waals surface area contributed by atoms with Crippen molar-refractivity contribution >= 4 is 23.1 Å². The van der Waals surface area contributed by atoms with Crippen LogP contribution in [0.2, 0.25) is 0 Å². The number of aryl methyl sites for hydroxylation is 2. The van der Waals surface area contributed by atoms with Gasteiger partial charge in [0, 0.05) is 16.0 Å². The smallest absolute Gasteiger partial charge is 0.338 e. The van der Waals surface area contributed by atoms with Gasteiger partial charge in [-0.2, -0.15) is 0 Å². The van der Waals surface area contributed by atoms with E-state index < -0.39 is 0 Å². The summed E-state index contributed by atoms with van der Waals surface area (Å²) in [5.41, 5.74) is 20.9. The van der Waals surface area contributed by atoms with E-state index in [9.17, 15) is 9.59 Å². The van der Waals surface area contributed by atoms with Gasteiger partial charge in [0.15, 0.2) is 29.4 Å². The molecule has 11 heteroatoms. The van der Waals surface area contributed by atoms with Crippen molar-refractivity contribution in [2.24, 2.45) is 17.8 Å². The largest absolute Gasteiger partial charge is 0.462 e. The summed E-state index contributed by atoms with van der Waals surface area (Å²) in [5, 5.41) is 2.15. The van der Waals surface area contributed by atoms with E-state index in [-0.39, 0.29) is 11.8 Å². The van der Waals surface area contributed by atoms with Gasteiger partial charge in [0.25, 0.3) is 0 Å². The number of nitrogens with zero attached hydrogens (tertiary/aromatic N) is 1. The van der Waals surface area contributed by atoms with E-state index in [0.29, 0.717) is 66.3 Å². The zero-order valence-corrected chi connectivity index (χ0v) is 85.5. The highest BCUT2D eigenvalue weighted by molar-refractivity contribution is 7.09. The molecule has 2 aliphatic carbocycles. The Labute approximate surface area is 810 Å². The van der Waals surface area contributed by atoms with Gasteiger partial charge in [-0.1, -0.05) is 352 Å². The monoisotopic (exact) mass is 1820 g/mol. The molecule has 11 aromatic carbocycles. The summed E-state index contributed by atoms with van der Waals surface area (Å²) in [6.45, 7) is 50.4. The summed E-state index contributed by atoms with van der Waals surface area (Å²) in [6, 6.07) is 94.9. The first-order valence-electron chi connectivity index (χ1n) is 49.2. The Morgan fingerprint density at radius 2 is 0.978 bits per heavy atom. The van der Waals surface area contributed by atoms with Crippen LogP contribution in [-0.2, 0) is 41.8 Å². The lowest BCUT2D eigenvalue weighted by Gasteiger charge is -2.21. The second-order valence-corrected chi connectivity index (χ2v) is 39.3. The van der Waals surface area contributed by atoms with Crippen molar-refractivity contribution in [3.8, 4) is 45.8 Å². The molecule has 10 nitrogen and oxygen atoms in total. The van der Waals surface area contributed by atoms with Crippen LogP contribution in [0.4, 0.5) is 0 Å². The van der Waals surface area contributed by atoms with Crippen LogP contribution < -0.4 is 18.9 Å². The van der Waals surface area contributed by atoms with Crippen LogP contribution in [0.3, 0.4) is 0 Å². The third kappa shape index (κ3) is 37.8. The van der Waals surface area contributed by atoms with Crippen molar-refractivity contribution in [1.82, 2.24) is 4.98 Å². The van der Waals surface area contributed by atoms with E-state index in [4.69, 9.17) is 32.8 Å². The van der Waals surface area contributed by atoms with E-state index in [1.54, 1.807) is 29.8 Å². The predicted octanol–water partition coefficient (Wildman–Crippen LogP) is 35.3. The number of benzene rings is 11. The van der Waals surface area contributed by atoms with E-state index >= 15 is 0 Å². The molecule has 4 heterocycles. The van der Waals surface area contributed by atoms with Gasteiger partial charge in [-0.05, 0) is 292 Å². The third-order valence-corrected chi connectivity index (χ3v) is 25.0. The molecule has 712 valence electrons. The molecule has 1 saturated carbocycles. The Balaban J connectivity index is 0.000000184. The third-order valence-electron chi connectivity index (χ3n) is 24.1. The number of para-hydroxylation sites is 3. The van der Waals surface area contributed by atoms with Crippen LogP contribution in [-0.4, -0.2) is 36.7 Å². The predicted molar refractivity (Wildman–Crippen MR) is 564 cm³/mol. The molecule has 0 spiro atoms. The standard InChI is InChI=1S/2C15H16O.C14H20O2.C13H18.C12H13NO.C12H16O.C12H16.C11H14O.C10H12O2.C9H14S/c1-12(2)14-10-6-7-11-15(14)16-13-8-4-3-5-9-13;1-12(2)13-8-10-15(11-9-13)16-14-6-4-3-5-7-14;1-4-5-10-16-14(15)13-8-6-12(7-9-13)11(2)3;1-10(2)12-9-5-7-11-6-3-4-8-13(11)12;1-9(2)10-3-5-11(6-4-10)12-7-13-8-14-12;1-9(2)10-3-4-12-8-13-6-5-11(12)7-10;1-9(2)11-8-12(11)10-6-4-3-5-7-10;1-8(2)10-5-4-6-11(7-10)9(3)12;1-7(2)8-3-4-9-10(5-8)12-6-11-9;1-8(2)5-6-9-4-3-7-10-9/h2*3-12H,1-2H3;6-9,11H,4-5,10H2,1-3H3;5,7,9-10H,3-4,6,8H2,1-2H3;3-9H,1-2H3;3-4,7,9H,5-6,8H2,1-2H3;3-7,9,11-12H,8H2,1-2H3;4-8H,1-3H3;3-5,7H,6H2,1-2H3;3-4,7-8H,5-6H2,1-2H3/t;;;;;;11?,12-;;;/m......0.../s1. The van der Waals surface area contributed by atoms with E-state index in [1.807, 2.05) is 157 Å². The van der Waals surface area contributed by atoms with Gasteiger partial charge in [-0.15, -0.1) is 11.3 Å². The Bertz CT molecular complexity index is 5420. The number of unbranched alkanes of at least 4 members (excludes halogenated alkanes) is 1. The first kappa shape index (κ1) is 108. The highest BCUT2D eigenvalue weighted by Gasteiger charge is 2.40. The van der Waals surface area contributed by atoms with Gasteiger partial charge in [0.2, 0.25) is 6.79 Å².